The lowest BCUT2D eigenvalue weighted by Gasteiger charge is -2.25. The first-order valence-corrected chi connectivity index (χ1v) is 31.1. The number of nitrogens with one attached hydrogen (secondary N) is 3. The van der Waals surface area contributed by atoms with E-state index in [2.05, 4.69) is 20.9 Å². The number of imide groups is 1. The summed E-state index contributed by atoms with van der Waals surface area (Å²) < 4.78 is 93.1. The lowest BCUT2D eigenvalue weighted by Crippen LogP contribution is -2.55. The maximum absolute atomic E-state index is 13.5. The van der Waals surface area contributed by atoms with Crippen molar-refractivity contribution in [1.82, 2.24) is 20.4 Å². The Hall–Kier alpha value is -4.90. The molecular formula is C61H106N6O23. The van der Waals surface area contributed by atoms with Gasteiger partial charge in [0.25, 0.3) is 11.8 Å². The molecular weight excluding hydrogens is 1180 g/mol. The molecule has 29 nitrogen and oxygen atoms in total. The third-order valence-electron chi connectivity index (χ3n) is 12.8. The van der Waals surface area contributed by atoms with Gasteiger partial charge in [0.05, 0.1) is 185 Å². The van der Waals surface area contributed by atoms with Gasteiger partial charge < -0.3 is 107 Å². The number of amides is 6. The second kappa shape index (κ2) is 56.8. The fourth-order valence-electron chi connectivity index (χ4n) is 8.07. The Morgan fingerprint density at radius 2 is 0.822 bits per heavy atom. The van der Waals surface area contributed by atoms with Gasteiger partial charge in [0, 0.05) is 58.4 Å². The maximum Gasteiger partial charge on any atom is 0.404 e. The van der Waals surface area contributed by atoms with Crippen LogP contribution < -0.4 is 21.7 Å². The number of carbonyl (C=O) groups excluding carboxylic acids is 6. The minimum absolute atomic E-state index is 0.0786. The Kier molecular flexibility index (Phi) is 51.3. The van der Waals surface area contributed by atoms with Crippen molar-refractivity contribution in [3.63, 3.8) is 0 Å². The van der Waals surface area contributed by atoms with E-state index in [1.807, 2.05) is 0 Å². The van der Waals surface area contributed by atoms with Crippen molar-refractivity contribution in [3.05, 3.63) is 41.5 Å². The summed E-state index contributed by atoms with van der Waals surface area (Å²) in [6.07, 6.45) is 3.99. The fraction of sp³-hybridized carbons (Fsp3) is 0.770. The molecule has 5 N–H and O–H groups in total. The van der Waals surface area contributed by atoms with E-state index in [1.165, 1.54) is 6.92 Å². The normalized spacial score (nSPS) is 13.0. The van der Waals surface area contributed by atoms with E-state index in [0.29, 0.717) is 229 Å². The third-order valence-corrected chi connectivity index (χ3v) is 12.8. The zero-order chi connectivity index (χ0) is 65.3. The van der Waals surface area contributed by atoms with Crippen molar-refractivity contribution in [2.75, 3.05) is 244 Å². The molecule has 6 amide bonds. The van der Waals surface area contributed by atoms with E-state index in [9.17, 15) is 28.8 Å². The van der Waals surface area contributed by atoms with Gasteiger partial charge in [0.1, 0.15) is 25.2 Å². The molecule has 0 radical (unpaired) electrons. The van der Waals surface area contributed by atoms with Crippen LogP contribution in [0.3, 0.4) is 0 Å². The van der Waals surface area contributed by atoms with Crippen LogP contribution in [0.5, 0.6) is 0 Å². The zero-order valence-corrected chi connectivity index (χ0v) is 54.1. The first kappa shape index (κ1) is 81.2. The molecule has 0 fully saturated rings. The van der Waals surface area contributed by atoms with E-state index < -0.39 is 60.2 Å². The van der Waals surface area contributed by atoms with E-state index in [0.717, 1.165) is 48.5 Å². The molecule has 1 aliphatic heterocycles. The number of hydrogen-bond acceptors (Lipinski definition) is 24. The van der Waals surface area contributed by atoms with Crippen molar-refractivity contribution >= 4 is 41.3 Å². The summed E-state index contributed by atoms with van der Waals surface area (Å²) in [5.41, 5.74) is 7.29. The van der Waals surface area contributed by atoms with Crippen LogP contribution in [0.4, 0.5) is 10.5 Å². The molecule has 1 aromatic rings. The zero-order valence-electron chi connectivity index (χ0n) is 54.1. The number of carbonyl (C=O) groups is 6. The minimum atomic E-state index is -1.07. The van der Waals surface area contributed by atoms with E-state index in [4.69, 9.17) is 86.3 Å². The Balaban J connectivity index is 1.80. The summed E-state index contributed by atoms with van der Waals surface area (Å²) in [6, 6.07) is 3.10. The number of primary amides is 1. The molecule has 2 atom stereocenters. The average molecular weight is 1290 g/mol. The SMILES string of the molecule is COCCOCCOCCOCCOCCOCCOCCOCCCN(CCCOCCOCCOCCOCCOCCOCCOCCOC)CCCc1cc(NC(=O)[C@H](C)NC(=O)[C@@H](NC(=O)CN2C(=O)C=CC2=O)C(C)C)ccc1COC(N)=O. The molecule has 518 valence electrons. The van der Waals surface area contributed by atoms with Gasteiger partial charge in [0.2, 0.25) is 17.7 Å². The van der Waals surface area contributed by atoms with Crippen LogP contribution in [-0.4, -0.2) is 296 Å². The molecule has 0 saturated carbocycles. The average Bonchev–Trinajstić information content (AvgIpc) is 1.68. The largest absolute Gasteiger partial charge is 0.445 e. The van der Waals surface area contributed by atoms with Gasteiger partial charge in [-0.1, -0.05) is 19.9 Å². The van der Waals surface area contributed by atoms with Gasteiger partial charge in [-0.3, -0.25) is 28.9 Å². The number of methoxy groups -OCH3 is 2. The third kappa shape index (κ3) is 44.6. The van der Waals surface area contributed by atoms with Gasteiger partial charge in [-0.25, -0.2) is 4.79 Å². The Morgan fingerprint density at radius 3 is 1.18 bits per heavy atom. The van der Waals surface area contributed by atoms with E-state index in [-0.39, 0.29) is 6.61 Å². The van der Waals surface area contributed by atoms with E-state index in [1.54, 1.807) is 46.3 Å². The molecule has 0 unspecified atom stereocenters. The number of rotatable bonds is 64. The molecule has 90 heavy (non-hydrogen) atoms. The Bertz CT molecular complexity index is 1980. The lowest BCUT2D eigenvalue weighted by atomic mass is 10.0. The predicted molar refractivity (Wildman–Crippen MR) is 329 cm³/mol. The monoisotopic (exact) mass is 1290 g/mol. The standard InChI is InChI=1S/C61H106N6O23/c1-50(2)58(65-55(68)48-67-56(69)12-13-57(67)70)60(72)63-51(3)59(71)64-54-11-10-53(49-90-61(62)73)52(47-54)9-6-14-66(15-7-17-76-23-25-80-31-33-84-39-41-88-45-43-86-37-35-82-29-27-78-21-19-74-4)16-8-18-77-24-26-81-32-34-85-40-42-89-46-44-87-38-36-83-30-28-79-22-20-75-5/h10-13,47,50-51,58H,6-9,14-46,48-49H2,1-5H3,(H2,62,73)(H,63,72)(H,64,71)(H,65,68)/t51-,58-/m0/s1. The predicted octanol–water partition coefficient (Wildman–Crippen LogP) is 1.33. The quantitative estimate of drug-likeness (QED) is 0.0528. The van der Waals surface area contributed by atoms with Crippen LogP contribution >= 0.6 is 0 Å². The maximum atomic E-state index is 13.5. The van der Waals surface area contributed by atoms with Gasteiger partial charge in [-0.05, 0) is 68.3 Å². The Morgan fingerprint density at radius 1 is 0.467 bits per heavy atom. The van der Waals surface area contributed by atoms with E-state index >= 15 is 0 Å². The lowest BCUT2D eigenvalue weighted by molar-refractivity contribution is -0.141. The molecule has 0 aliphatic carbocycles. The van der Waals surface area contributed by atoms with Crippen LogP contribution in [0.1, 0.15) is 51.2 Å². The van der Waals surface area contributed by atoms with Gasteiger partial charge >= 0.3 is 6.09 Å². The molecule has 1 heterocycles. The van der Waals surface area contributed by atoms with Crippen molar-refractivity contribution in [2.45, 2.75) is 65.1 Å². The first-order valence-electron chi connectivity index (χ1n) is 31.1. The van der Waals surface area contributed by atoms with Crippen LogP contribution in [0.25, 0.3) is 0 Å². The summed E-state index contributed by atoms with van der Waals surface area (Å²) in [5.74, 6) is -3.53. The van der Waals surface area contributed by atoms with Crippen molar-refractivity contribution in [2.24, 2.45) is 11.7 Å². The molecule has 0 aromatic heterocycles. The number of nitrogens with zero attached hydrogens (tertiary/aromatic N) is 2. The van der Waals surface area contributed by atoms with Gasteiger partial charge in [0.15, 0.2) is 0 Å². The number of benzene rings is 1. The first-order chi connectivity index (χ1) is 43.9. The highest BCUT2D eigenvalue weighted by molar-refractivity contribution is 6.14. The number of hydrogen-bond donors (Lipinski definition) is 4. The number of nitrogens with two attached hydrogens (primary N) is 1. The van der Waals surface area contributed by atoms with Gasteiger partial charge in [-0.15, -0.1) is 0 Å². The highest BCUT2D eigenvalue weighted by atomic mass is 16.6. The van der Waals surface area contributed by atoms with Crippen molar-refractivity contribution in [1.29, 1.82) is 0 Å². The highest BCUT2D eigenvalue weighted by Crippen LogP contribution is 2.20. The summed E-state index contributed by atoms with van der Waals surface area (Å²) in [5, 5.41) is 8.07. The van der Waals surface area contributed by atoms with Crippen molar-refractivity contribution < 1.29 is 109 Å². The van der Waals surface area contributed by atoms with Crippen LogP contribution in [0.2, 0.25) is 0 Å². The Labute approximate surface area is 531 Å². The smallest absolute Gasteiger partial charge is 0.404 e. The van der Waals surface area contributed by atoms with Gasteiger partial charge in [-0.2, -0.15) is 0 Å². The molecule has 0 bridgehead atoms. The molecule has 1 aromatic carbocycles. The second-order valence-corrected chi connectivity index (χ2v) is 20.4. The summed E-state index contributed by atoms with van der Waals surface area (Å²) in [4.78, 5) is 78.3. The van der Waals surface area contributed by atoms with Crippen molar-refractivity contribution in [3.8, 4) is 0 Å². The number of ether oxygens (including phenoxy) is 17. The molecule has 29 heteroatoms. The fourth-order valence-corrected chi connectivity index (χ4v) is 8.07. The molecule has 2 rings (SSSR count). The summed E-state index contributed by atoms with van der Waals surface area (Å²) >= 11 is 0. The summed E-state index contributed by atoms with van der Waals surface area (Å²) in [7, 11) is 3.26. The topological polar surface area (TPSA) is 328 Å². The summed E-state index contributed by atoms with van der Waals surface area (Å²) in [6.45, 7) is 20.9. The van der Waals surface area contributed by atoms with Crippen LogP contribution in [0.15, 0.2) is 30.4 Å². The molecule has 0 saturated heterocycles. The number of anilines is 1. The minimum Gasteiger partial charge on any atom is -0.445 e. The molecule has 1 aliphatic rings. The van der Waals surface area contributed by atoms with Crippen LogP contribution in [-0.2, 0) is 118 Å². The van der Waals surface area contributed by atoms with Crippen LogP contribution in [0, 0.1) is 5.92 Å². The molecule has 0 spiro atoms. The second-order valence-electron chi connectivity index (χ2n) is 20.4. The number of aryl methyl sites for hydroxylation is 1. The highest BCUT2D eigenvalue weighted by Gasteiger charge is 2.31.